The third kappa shape index (κ3) is 2.82. The first-order valence-electron chi connectivity index (χ1n) is 6.86. The van der Waals surface area contributed by atoms with Gasteiger partial charge in [0.2, 0.25) is 0 Å². The summed E-state index contributed by atoms with van der Waals surface area (Å²) in [5.41, 5.74) is 2.29. The number of rotatable bonds is 3. The molecule has 1 aliphatic rings. The second-order valence-electron chi connectivity index (χ2n) is 5.73. The van der Waals surface area contributed by atoms with Crippen LogP contribution in [0, 0.1) is 11.3 Å². The molecule has 4 heteroatoms. The maximum Gasteiger partial charge on any atom is 0.165 e. The number of para-hydroxylation sites is 1. The maximum absolute atomic E-state index is 8.86. The first-order valence-corrected chi connectivity index (χ1v) is 6.86. The topological polar surface area (TPSA) is 55.1 Å². The molecule has 0 amide bonds. The molecule has 1 aromatic carbocycles. The van der Waals surface area contributed by atoms with Gasteiger partial charge < -0.3 is 9.47 Å². The fourth-order valence-corrected chi connectivity index (χ4v) is 2.49. The summed E-state index contributed by atoms with van der Waals surface area (Å²) in [4.78, 5) is 3.95. The molecule has 0 N–H and O–H groups in total. The van der Waals surface area contributed by atoms with Crippen LogP contribution in [0.3, 0.4) is 0 Å². The van der Waals surface area contributed by atoms with Crippen LogP contribution in [-0.4, -0.2) is 10.6 Å². The fourth-order valence-electron chi connectivity index (χ4n) is 2.49. The molecule has 0 unspecified atom stereocenters. The largest absolute Gasteiger partial charge is 0.485 e. The van der Waals surface area contributed by atoms with Gasteiger partial charge in [-0.2, -0.15) is 5.26 Å². The third-order valence-electron chi connectivity index (χ3n) is 3.39. The SMILES string of the molecule is CC1(C)Cc2cccc(OCc3ccnc(C#N)c3)c2O1. The molecule has 0 radical (unpaired) electrons. The van der Waals surface area contributed by atoms with Crippen LogP contribution < -0.4 is 9.47 Å². The van der Waals surface area contributed by atoms with E-state index in [4.69, 9.17) is 14.7 Å². The van der Waals surface area contributed by atoms with Crippen molar-refractivity contribution in [2.45, 2.75) is 32.5 Å². The van der Waals surface area contributed by atoms with Crippen molar-refractivity contribution in [3.8, 4) is 17.6 Å². The Morgan fingerprint density at radius 3 is 3.05 bits per heavy atom. The number of hydrogen-bond acceptors (Lipinski definition) is 4. The predicted octanol–water partition coefficient (Wildman–Crippen LogP) is 3.25. The molecule has 0 aliphatic carbocycles. The van der Waals surface area contributed by atoms with Crippen molar-refractivity contribution in [1.82, 2.24) is 4.98 Å². The van der Waals surface area contributed by atoms with Crippen LogP contribution in [0.5, 0.6) is 11.5 Å². The molecule has 1 aliphatic heterocycles. The minimum atomic E-state index is -0.188. The lowest BCUT2D eigenvalue weighted by Crippen LogP contribution is -2.24. The second-order valence-corrected chi connectivity index (χ2v) is 5.73. The number of fused-ring (bicyclic) bond motifs is 1. The van der Waals surface area contributed by atoms with Crippen molar-refractivity contribution in [2.24, 2.45) is 0 Å². The van der Waals surface area contributed by atoms with Crippen molar-refractivity contribution in [3.05, 3.63) is 53.3 Å². The highest BCUT2D eigenvalue weighted by atomic mass is 16.5. The molecule has 0 bridgehead atoms. The van der Waals surface area contributed by atoms with E-state index >= 15 is 0 Å². The lowest BCUT2D eigenvalue weighted by atomic mass is 10.0. The van der Waals surface area contributed by atoms with Crippen molar-refractivity contribution in [2.75, 3.05) is 0 Å². The molecule has 0 spiro atoms. The average Bonchev–Trinajstić information content (AvgIpc) is 2.79. The Morgan fingerprint density at radius 1 is 1.38 bits per heavy atom. The fraction of sp³-hybridized carbons (Fsp3) is 0.294. The van der Waals surface area contributed by atoms with E-state index in [0.29, 0.717) is 12.3 Å². The summed E-state index contributed by atoms with van der Waals surface area (Å²) >= 11 is 0. The lowest BCUT2D eigenvalue weighted by Gasteiger charge is -2.18. The van der Waals surface area contributed by atoms with E-state index in [2.05, 4.69) is 24.9 Å². The van der Waals surface area contributed by atoms with E-state index in [1.54, 1.807) is 12.3 Å². The van der Waals surface area contributed by atoms with E-state index in [0.717, 1.165) is 23.5 Å². The highest BCUT2D eigenvalue weighted by Crippen LogP contribution is 2.41. The Kier molecular flexibility index (Phi) is 3.26. The molecular weight excluding hydrogens is 264 g/mol. The smallest absolute Gasteiger partial charge is 0.165 e. The van der Waals surface area contributed by atoms with E-state index in [1.807, 2.05) is 24.3 Å². The van der Waals surface area contributed by atoms with Crippen LogP contribution in [0.25, 0.3) is 0 Å². The zero-order valence-electron chi connectivity index (χ0n) is 12.1. The number of benzene rings is 1. The van der Waals surface area contributed by atoms with Gasteiger partial charge in [0, 0.05) is 18.2 Å². The van der Waals surface area contributed by atoms with Crippen LogP contribution in [0.1, 0.15) is 30.7 Å². The van der Waals surface area contributed by atoms with Crippen LogP contribution in [0.2, 0.25) is 0 Å². The van der Waals surface area contributed by atoms with Crippen LogP contribution in [0.15, 0.2) is 36.5 Å². The van der Waals surface area contributed by atoms with E-state index in [-0.39, 0.29) is 5.60 Å². The van der Waals surface area contributed by atoms with E-state index < -0.39 is 0 Å². The zero-order valence-corrected chi connectivity index (χ0v) is 12.1. The predicted molar refractivity (Wildman–Crippen MR) is 78.1 cm³/mol. The van der Waals surface area contributed by atoms with Gasteiger partial charge in [-0.1, -0.05) is 12.1 Å². The first kappa shape index (κ1) is 13.4. The van der Waals surface area contributed by atoms with Gasteiger partial charge in [0.15, 0.2) is 11.5 Å². The zero-order chi connectivity index (χ0) is 14.9. The summed E-state index contributed by atoms with van der Waals surface area (Å²) < 4.78 is 11.8. The van der Waals surface area contributed by atoms with Gasteiger partial charge in [-0.05, 0) is 37.6 Å². The highest BCUT2D eigenvalue weighted by molar-refractivity contribution is 5.50. The Balaban J connectivity index is 1.78. The van der Waals surface area contributed by atoms with Crippen molar-refractivity contribution in [3.63, 3.8) is 0 Å². The molecule has 106 valence electrons. The van der Waals surface area contributed by atoms with Crippen molar-refractivity contribution < 1.29 is 9.47 Å². The molecule has 0 fully saturated rings. The van der Waals surface area contributed by atoms with Crippen LogP contribution >= 0.6 is 0 Å². The molecule has 0 saturated carbocycles. The molecule has 1 aromatic heterocycles. The summed E-state index contributed by atoms with van der Waals surface area (Å²) in [5.74, 6) is 1.57. The number of aromatic nitrogens is 1. The minimum absolute atomic E-state index is 0.188. The Bertz CT molecular complexity index is 717. The molecule has 21 heavy (non-hydrogen) atoms. The van der Waals surface area contributed by atoms with Gasteiger partial charge in [0.1, 0.15) is 24.0 Å². The molecule has 3 rings (SSSR count). The van der Waals surface area contributed by atoms with Crippen molar-refractivity contribution >= 4 is 0 Å². The molecule has 2 aromatic rings. The highest BCUT2D eigenvalue weighted by Gasteiger charge is 2.32. The summed E-state index contributed by atoms with van der Waals surface area (Å²) in [5, 5.41) is 8.86. The Morgan fingerprint density at radius 2 is 2.24 bits per heavy atom. The Hall–Kier alpha value is -2.54. The molecule has 0 atom stereocenters. The van der Waals surface area contributed by atoms with Gasteiger partial charge in [0.25, 0.3) is 0 Å². The first-order chi connectivity index (χ1) is 10.1. The lowest BCUT2D eigenvalue weighted by molar-refractivity contribution is 0.131. The van der Waals surface area contributed by atoms with Gasteiger partial charge in [0.05, 0.1) is 0 Å². The number of ether oxygens (including phenoxy) is 2. The Labute approximate surface area is 124 Å². The second kappa shape index (κ2) is 5.10. The monoisotopic (exact) mass is 280 g/mol. The van der Waals surface area contributed by atoms with E-state index in [9.17, 15) is 0 Å². The number of nitrogens with zero attached hydrogens (tertiary/aromatic N) is 2. The standard InChI is InChI=1S/C17H16N2O2/c1-17(2)9-13-4-3-5-15(16(13)21-17)20-11-12-6-7-19-14(8-12)10-18/h3-8H,9,11H2,1-2H3. The van der Waals surface area contributed by atoms with E-state index in [1.165, 1.54) is 5.56 Å². The average molecular weight is 280 g/mol. The van der Waals surface area contributed by atoms with Crippen molar-refractivity contribution in [1.29, 1.82) is 5.26 Å². The maximum atomic E-state index is 8.86. The van der Waals surface area contributed by atoms with Gasteiger partial charge in [-0.3, -0.25) is 0 Å². The molecule has 4 nitrogen and oxygen atoms in total. The summed E-state index contributed by atoms with van der Waals surface area (Å²) in [6, 6.07) is 11.6. The van der Waals surface area contributed by atoms with Gasteiger partial charge in [-0.25, -0.2) is 4.98 Å². The minimum Gasteiger partial charge on any atom is -0.485 e. The summed E-state index contributed by atoms with van der Waals surface area (Å²) in [6.45, 7) is 4.52. The molecule has 0 saturated heterocycles. The third-order valence-corrected chi connectivity index (χ3v) is 3.39. The van der Waals surface area contributed by atoms with Crippen LogP contribution in [0.4, 0.5) is 0 Å². The summed E-state index contributed by atoms with van der Waals surface area (Å²) in [6.07, 6.45) is 2.50. The summed E-state index contributed by atoms with van der Waals surface area (Å²) in [7, 11) is 0. The molecular formula is C17H16N2O2. The van der Waals surface area contributed by atoms with Crippen LogP contribution in [-0.2, 0) is 13.0 Å². The van der Waals surface area contributed by atoms with Gasteiger partial charge in [-0.15, -0.1) is 0 Å². The number of nitriles is 1. The normalized spacial score (nSPS) is 14.9. The molecule has 2 heterocycles. The quantitative estimate of drug-likeness (QED) is 0.866. The number of pyridine rings is 1. The van der Waals surface area contributed by atoms with Gasteiger partial charge >= 0.3 is 0 Å². The number of hydrogen-bond donors (Lipinski definition) is 0.